The number of aromatic nitrogens is 1. The largest absolute Gasteiger partial charge is 0.497 e. The van der Waals surface area contributed by atoms with Gasteiger partial charge in [-0.1, -0.05) is 12.1 Å². The molecule has 0 aliphatic rings. The van der Waals surface area contributed by atoms with Crippen molar-refractivity contribution in [1.82, 2.24) is 4.98 Å². The quantitative estimate of drug-likeness (QED) is 0.700. The molecule has 1 aromatic heterocycles. The van der Waals surface area contributed by atoms with Crippen LogP contribution >= 0.6 is 0 Å². The SMILES string of the molecule is COc1ccc(C(=O)Nc2ccc(Cc3ccncc3)cc2)c(N)c1. The highest BCUT2D eigenvalue weighted by Crippen LogP contribution is 2.21. The van der Waals surface area contributed by atoms with Crippen LogP contribution in [0.3, 0.4) is 0 Å². The number of amides is 1. The molecule has 0 aliphatic heterocycles. The number of methoxy groups -OCH3 is 1. The number of pyridine rings is 1. The summed E-state index contributed by atoms with van der Waals surface area (Å²) in [6.45, 7) is 0. The van der Waals surface area contributed by atoms with E-state index < -0.39 is 0 Å². The minimum absolute atomic E-state index is 0.248. The van der Waals surface area contributed by atoms with Gasteiger partial charge >= 0.3 is 0 Å². The molecule has 0 saturated heterocycles. The summed E-state index contributed by atoms with van der Waals surface area (Å²) < 4.78 is 5.09. The van der Waals surface area contributed by atoms with Crippen LogP contribution in [-0.2, 0) is 6.42 Å². The Morgan fingerprint density at radius 1 is 1.04 bits per heavy atom. The number of nitrogen functional groups attached to an aromatic ring is 1. The molecule has 2 aromatic carbocycles. The van der Waals surface area contributed by atoms with Crippen LogP contribution in [0.4, 0.5) is 11.4 Å². The third-order valence-corrected chi connectivity index (χ3v) is 3.87. The predicted octanol–water partition coefficient (Wildman–Crippen LogP) is 3.52. The number of anilines is 2. The summed E-state index contributed by atoms with van der Waals surface area (Å²) >= 11 is 0. The number of rotatable bonds is 5. The molecule has 1 heterocycles. The van der Waals surface area contributed by atoms with Crippen molar-refractivity contribution in [2.24, 2.45) is 0 Å². The first-order valence-electron chi connectivity index (χ1n) is 7.88. The van der Waals surface area contributed by atoms with Crippen molar-refractivity contribution < 1.29 is 9.53 Å². The molecule has 3 aromatic rings. The van der Waals surface area contributed by atoms with E-state index in [1.54, 1.807) is 37.7 Å². The third-order valence-electron chi connectivity index (χ3n) is 3.87. The zero-order valence-electron chi connectivity index (χ0n) is 13.9. The van der Waals surface area contributed by atoms with Gasteiger partial charge < -0.3 is 15.8 Å². The molecule has 0 radical (unpaired) electrons. The Morgan fingerprint density at radius 2 is 1.72 bits per heavy atom. The Labute approximate surface area is 146 Å². The molecule has 0 bridgehead atoms. The van der Waals surface area contributed by atoms with Crippen LogP contribution in [-0.4, -0.2) is 18.0 Å². The molecule has 0 atom stereocenters. The van der Waals surface area contributed by atoms with Crippen molar-refractivity contribution in [1.29, 1.82) is 0 Å². The van der Waals surface area contributed by atoms with Gasteiger partial charge in [-0.3, -0.25) is 9.78 Å². The second-order valence-electron chi connectivity index (χ2n) is 5.64. The highest BCUT2D eigenvalue weighted by molar-refractivity contribution is 6.07. The van der Waals surface area contributed by atoms with Crippen molar-refractivity contribution >= 4 is 17.3 Å². The predicted molar refractivity (Wildman–Crippen MR) is 98.8 cm³/mol. The van der Waals surface area contributed by atoms with E-state index in [0.29, 0.717) is 17.0 Å². The summed E-state index contributed by atoms with van der Waals surface area (Å²) in [5.41, 5.74) is 9.79. The Balaban J connectivity index is 1.68. The number of carbonyl (C=O) groups is 1. The molecule has 25 heavy (non-hydrogen) atoms. The second kappa shape index (κ2) is 7.49. The Hall–Kier alpha value is -3.34. The summed E-state index contributed by atoms with van der Waals surface area (Å²) in [6, 6.07) is 16.7. The maximum Gasteiger partial charge on any atom is 0.257 e. The molecule has 0 spiro atoms. The number of nitrogens with one attached hydrogen (secondary N) is 1. The molecule has 0 unspecified atom stereocenters. The topological polar surface area (TPSA) is 77.2 Å². The highest BCUT2D eigenvalue weighted by Gasteiger charge is 2.11. The first-order chi connectivity index (χ1) is 12.2. The lowest BCUT2D eigenvalue weighted by molar-refractivity contribution is 0.102. The molecule has 3 rings (SSSR count). The maximum absolute atomic E-state index is 12.4. The number of nitrogens with two attached hydrogens (primary N) is 1. The molecule has 0 fully saturated rings. The van der Waals surface area contributed by atoms with Gasteiger partial charge in [0.25, 0.3) is 5.91 Å². The molecule has 5 heteroatoms. The molecule has 5 nitrogen and oxygen atoms in total. The van der Waals surface area contributed by atoms with Gasteiger partial charge in [0.05, 0.1) is 12.7 Å². The van der Waals surface area contributed by atoms with Gasteiger partial charge in [0, 0.05) is 29.8 Å². The zero-order valence-corrected chi connectivity index (χ0v) is 13.9. The fraction of sp³-hybridized carbons (Fsp3) is 0.100. The van der Waals surface area contributed by atoms with Crippen LogP contribution in [0.15, 0.2) is 67.0 Å². The third kappa shape index (κ3) is 4.14. The Kier molecular flexibility index (Phi) is 4.95. The molecule has 0 saturated carbocycles. The van der Waals surface area contributed by atoms with E-state index in [1.165, 1.54) is 5.56 Å². The Bertz CT molecular complexity index is 862. The average molecular weight is 333 g/mol. The van der Waals surface area contributed by atoms with Crippen LogP contribution in [0.25, 0.3) is 0 Å². The minimum Gasteiger partial charge on any atom is -0.497 e. The van der Waals surface area contributed by atoms with Gasteiger partial charge in [0.15, 0.2) is 0 Å². The number of nitrogens with zero attached hydrogens (tertiary/aromatic N) is 1. The fourth-order valence-corrected chi connectivity index (χ4v) is 2.52. The lowest BCUT2D eigenvalue weighted by Gasteiger charge is -2.10. The molecular weight excluding hydrogens is 314 g/mol. The van der Waals surface area contributed by atoms with Crippen LogP contribution in [0.2, 0.25) is 0 Å². The van der Waals surface area contributed by atoms with Gasteiger partial charge in [-0.05, 0) is 53.9 Å². The summed E-state index contributed by atoms with van der Waals surface area (Å²) in [7, 11) is 1.56. The smallest absolute Gasteiger partial charge is 0.257 e. The van der Waals surface area contributed by atoms with Crippen molar-refractivity contribution in [2.75, 3.05) is 18.2 Å². The number of ether oxygens (including phenoxy) is 1. The van der Waals surface area contributed by atoms with Gasteiger partial charge in [-0.15, -0.1) is 0 Å². The second-order valence-corrected chi connectivity index (χ2v) is 5.64. The average Bonchev–Trinajstić information content (AvgIpc) is 2.64. The molecule has 0 aliphatic carbocycles. The van der Waals surface area contributed by atoms with Gasteiger partial charge in [0.2, 0.25) is 0 Å². The van der Waals surface area contributed by atoms with Gasteiger partial charge in [-0.25, -0.2) is 0 Å². The summed E-state index contributed by atoms with van der Waals surface area (Å²) in [6.07, 6.45) is 4.38. The minimum atomic E-state index is -0.248. The molecule has 1 amide bonds. The van der Waals surface area contributed by atoms with E-state index >= 15 is 0 Å². The monoisotopic (exact) mass is 333 g/mol. The number of hydrogen-bond donors (Lipinski definition) is 2. The van der Waals surface area contributed by atoms with E-state index in [0.717, 1.165) is 17.7 Å². The van der Waals surface area contributed by atoms with Crippen LogP contribution < -0.4 is 15.8 Å². The lowest BCUT2D eigenvalue weighted by Crippen LogP contribution is -2.14. The number of hydrogen-bond acceptors (Lipinski definition) is 4. The van der Waals surface area contributed by atoms with Gasteiger partial charge in [0.1, 0.15) is 5.75 Å². The van der Waals surface area contributed by atoms with E-state index in [1.807, 2.05) is 36.4 Å². The van der Waals surface area contributed by atoms with Crippen LogP contribution in [0, 0.1) is 0 Å². The standard InChI is InChI=1S/C20H19N3O2/c1-25-17-6-7-18(19(21)13-17)20(24)23-16-4-2-14(3-5-16)12-15-8-10-22-11-9-15/h2-11,13H,12,21H2,1H3,(H,23,24). The summed E-state index contributed by atoms with van der Waals surface area (Å²) in [5, 5.41) is 2.86. The van der Waals surface area contributed by atoms with Crippen molar-refractivity contribution in [3.8, 4) is 5.75 Å². The van der Waals surface area contributed by atoms with E-state index in [-0.39, 0.29) is 5.91 Å². The van der Waals surface area contributed by atoms with Crippen molar-refractivity contribution in [3.05, 3.63) is 83.7 Å². The van der Waals surface area contributed by atoms with Crippen LogP contribution in [0.1, 0.15) is 21.5 Å². The molecule has 3 N–H and O–H groups in total. The summed E-state index contributed by atoms with van der Waals surface area (Å²) in [5.74, 6) is 0.372. The molecular formula is C20H19N3O2. The fourth-order valence-electron chi connectivity index (χ4n) is 2.52. The summed E-state index contributed by atoms with van der Waals surface area (Å²) in [4.78, 5) is 16.4. The number of carbonyl (C=O) groups excluding carboxylic acids is 1. The van der Waals surface area contributed by atoms with E-state index in [2.05, 4.69) is 10.3 Å². The Morgan fingerprint density at radius 3 is 2.36 bits per heavy atom. The van der Waals surface area contributed by atoms with E-state index in [9.17, 15) is 4.79 Å². The highest BCUT2D eigenvalue weighted by atomic mass is 16.5. The van der Waals surface area contributed by atoms with Gasteiger partial charge in [-0.2, -0.15) is 0 Å². The van der Waals surface area contributed by atoms with Crippen molar-refractivity contribution in [2.45, 2.75) is 6.42 Å². The normalized spacial score (nSPS) is 10.3. The van der Waals surface area contributed by atoms with Crippen LogP contribution in [0.5, 0.6) is 5.75 Å². The van der Waals surface area contributed by atoms with E-state index in [4.69, 9.17) is 10.5 Å². The first kappa shape index (κ1) is 16.5. The van der Waals surface area contributed by atoms with Crippen molar-refractivity contribution in [3.63, 3.8) is 0 Å². The number of benzene rings is 2. The first-order valence-corrected chi connectivity index (χ1v) is 7.88. The molecule has 126 valence electrons. The maximum atomic E-state index is 12.4. The zero-order chi connectivity index (χ0) is 17.6. The lowest BCUT2D eigenvalue weighted by atomic mass is 10.1.